The largest absolute Gasteiger partial charge is 0.481 e. The summed E-state index contributed by atoms with van der Waals surface area (Å²) in [6, 6.07) is 14.7. The summed E-state index contributed by atoms with van der Waals surface area (Å²) in [6.45, 7) is 0.306. The zero-order chi connectivity index (χ0) is 21.3. The van der Waals surface area contributed by atoms with Crippen molar-refractivity contribution in [1.29, 1.82) is 0 Å². The van der Waals surface area contributed by atoms with Gasteiger partial charge in [-0.05, 0) is 23.8 Å². The molecule has 2 N–H and O–H groups in total. The smallest absolute Gasteiger partial charge is 0.303 e. The van der Waals surface area contributed by atoms with Crippen LogP contribution in [0.2, 0.25) is 5.02 Å². The number of fused-ring (bicyclic) bond motifs is 1. The van der Waals surface area contributed by atoms with E-state index >= 15 is 0 Å². The van der Waals surface area contributed by atoms with Crippen molar-refractivity contribution in [2.45, 2.75) is 19.3 Å². The van der Waals surface area contributed by atoms with E-state index in [-0.39, 0.29) is 24.3 Å². The molecule has 0 unspecified atom stereocenters. The minimum Gasteiger partial charge on any atom is -0.481 e. The van der Waals surface area contributed by atoms with E-state index in [1.54, 1.807) is 12.1 Å². The molecule has 0 fully saturated rings. The molecule has 3 aromatic rings. The van der Waals surface area contributed by atoms with Crippen LogP contribution in [0.15, 0.2) is 58.4 Å². The highest BCUT2D eigenvalue weighted by Crippen LogP contribution is 2.32. The number of carboxylic acid groups (broad SMARTS) is 1. The normalized spacial score (nSPS) is 13.5. The van der Waals surface area contributed by atoms with Gasteiger partial charge >= 0.3 is 5.97 Å². The first-order valence-corrected chi connectivity index (χ1v) is 9.83. The molecule has 1 aromatic heterocycles. The standard InChI is InChI=1S/C22H18ClN3O4/c23-14-7-5-13(6-8-14)20-15-3-1-2-4-16(15)24-22(30)21(20)17-11-12-26(25-17)18(27)9-10-19(28)29/h1-8H,9-12H2,(H,24,30)(H,28,29). The number of benzene rings is 2. The Balaban J connectivity index is 1.84. The molecule has 0 bridgehead atoms. The van der Waals surface area contributed by atoms with Gasteiger partial charge in [-0.1, -0.05) is 41.9 Å². The van der Waals surface area contributed by atoms with Gasteiger partial charge in [0.15, 0.2) is 0 Å². The number of amides is 1. The minimum absolute atomic E-state index is 0.135. The first-order chi connectivity index (χ1) is 14.4. The van der Waals surface area contributed by atoms with Crippen LogP contribution < -0.4 is 5.56 Å². The van der Waals surface area contributed by atoms with E-state index in [1.807, 2.05) is 36.4 Å². The highest BCUT2D eigenvalue weighted by Gasteiger charge is 2.26. The van der Waals surface area contributed by atoms with Gasteiger partial charge in [-0.3, -0.25) is 14.4 Å². The number of carbonyl (C=O) groups is 2. The maximum atomic E-state index is 13.0. The summed E-state index contributed by atoms with van der Waals surface area (Å²) in [6.07, 6.45) is 0.0117. The number of carboxylic acids is 1. The number of aromatic nitrogens is 1. The number of H-pyrrole nitrogens is 1. The molecule has 1 amide bonds. The van der Waals surface area contributed by atoms with Crippen LogP contribution in [-0.4, -0.2) is 39.2 Å². The fourth-order valence-corrected chi connectivity index (χ4v) is 3.72. The second kappa shape index (κ2) is 8.12. The molecule has 2 aromatic carbocycles. The van der Waals surface area contributed by atoms with Crippen molar-refractivity contribution in [2.24, 2.45) is 5.10 Å². The Morgan fingerprint density at radius 3 is 2.53 bits per heavy atom. The molecule has 0 spiro atoms. The third kappa shape index (κ3) is 3.84. The number of hydrogen-bond donors (Lipinski definition) is 2. The Labute approximate surface area is 176 Å². The van der Waals surface area contributed by atoms with E-state index < -0.39 is 5.97 Å². The van der Waals surface area contributed by atoms with Crippen molar-refractivity contribution in [3.63, 3.8) is 0 Å². The van der Waals surface area contributed by atoms with Gasteiger partial charge in [-0.2, -0.15) is 5.10 Å². The molecule has 0 atom stereocenters. The number of carbonyl (C=O) groups excluding carboxylic acids is 1. The predicted molar refractivity (Wildman–Crippen MR) is 115 cm³/mol. The van der Waals surface area contributed by atoms with Gasteiger partial charge < -0.3 is 10.1 Å². The van der Waals surface area contributed by atoms with Crippen LogP contribution in [0, 0.1) is 0 Å². The molecule has 1 aliphatic rings. The predicted octanol–water partition coefficient (Wildman–Crippen LogP) is 3.65. The first-order valence-electron chi connectivity index (χ1n) is 9.45. The van der Waals surface area contributed by atoms with E-state index in [0.717, 1.165) is 16.5 Å². The maximum Gasteiger partial charge on any atom is 0.303 e. The Hall–Kier alpha value is -3.45. The van der Waals surface area contributed by atoms with Crippen LogP contribution in [0.3, 0.4) is 0 Å². The van der Waals surface area contributed by atoms with Crippen molar-refractivity contribution >= 4 is 40.1 Å². The summed E-state index contributed by atoms with van der Waals surface area (Å²) < 4.78 is 0. The first kappa shape index (κ1) is 19.8. The van der Waals surface area contributed by atoms with Gasteiger partial charge in [0.1, 0.15) is 0 Å². The van der Waals surface area contributed by atoms with E-state index in [4.69, 9.17) is 16.7 Å². The van der Waals surface area contributed by atoms with Gasteiger partial charge in [0.25, 0.3) is 5.56 Å². The molecular weight excluding hydrogens is 406 g/mol. The lowest BCUT2D eigenvalue weighted by atomic mass is 9.93. The number of nitrogens with zero attached hydrogens (tertiary/aromatic N) is 2. The summed E-state index contributed by atoms with van der Waals surface area (Å²) in [4.78, 5) is 38.9. The van der Waals surface area contributed by atoms with Crippen molar-refractivity contribution in [1.82, 2.24) is 9.99 Å². The Bertz CT molecular complexity index is 1230. The fraction of sp³-hybridized carbons (Fsp3) is 0.182. The molecule has 0 saturated heterocycles. The summed E-state index contributed by atoms with van der Waals surface area (Å²) in [7, 11) is 0. The van der Waals surface area contributed by atoms with Crippen molar-refractivity contribution in [2.75, 3.05) is 6.54 Å². The van der Waals surface area contributed by atoms with Gasteiger partial charge in [-0.25, -0.2) is 5.01 Å². The Morgan fingerprint density at radius 2 is 1.80 bits per heavy atom. The van der Waals surface area contributed by atoms with Crippen molar-refractivity contribution in [3.05, 3.63) is 69.5 Å². The zero-order valence-electron chi connectivity index (χ0n) is 15.9. The number of rotatable bonds is 5. The van der Waals surface area contributed by atoms with E-state index in [9.17, 15) is 14.4 Å². The van der Waals surface area contributed by atoms with E-state index in [0.29, 0.717) is 34.8 Å². The Morgan fingerprint density at radius 1 is 1.07 bits per heavy atom. The molecule has 7 nitrogen and oxygen atoms in total. The summed E-state index contributed by atoms with van der Waals surface area (Å²) in [5.74, 6) is -1.42. The molecule has 8 heteroatoms. The number of nitrogens with one attached hydrogen (secondary N) is 1. The Kier molecular flexibility index (Phi) is 5.37. The van der Waals surface area contributed by atoms with E-state index in [2.05, 4.69) is 10.1 Å². The lowest BCUT2D eigenvalue weighted by Gasteiger charge is -2.13. The molecular formula is C22H18ClN3O4. The van der Waals surface area contributed by atoms with Crippen molar-refractivity contribution in [3.8, 4) is 11.1 Å². The molecule has 0 aliphatic carbocycles. The lowest BCUT2D eigenvalue weighted by Crippen LogP contribution is -2.23. The second-order valence-electron chi connectivity index (χ2n) is 6.96. The third-order valence-electron chi connectivity index (χ3n) is 4.99. The topological polar surface area (TPSA) is 103 Å². The van der Waals surface area contributed by atoms with Gasteiger partial charge in [0.2, 0.25) is 5.91 Å². The van der Waals surface area contributed by atoms with Crippen LogP contribution in [0.1, 0.15) is 24.8 Å². The number of halogens is 1. The summed E-state index contributed by atoms with van der Waals surface area (Å²) >= 11 is 6.04. The number of pyridine rings is 1. The second-order valence-corrected chi connectivity index (χ2v) is 7.40. The third-order valence-corrected chi connectivity index (χ3v) is 5.24. The SMILES string of the molecule is O=C(O)CCC(=O)N1CCC(c2c(-c3ccc(Cl)cc3)c3ccccc3[nH]c2=O)=N1. The van der Waals surface area contributed by atoms with Crippen LogP contribution in [-0.2, 0) is 9.59 Å². The number of hydrogen-bond acceptors (Lipinski definition) is 4. The summed E-state index contributed by atoms with van der Waals surface area (Å²) in [5, 5.41) is 15.9. The van der Waals surface area contributed by atoms with Crippen LogP contribution >= 0.6 is 11.6 Å². The van der Waals surface area contributed by atoms with Crippen LogP contribution in [0.5, 0.6) is 0 Å². The zero-order valence-corrected chi connectivity index (χ0v) is 16.6. The van der Waals surface area contributed by atoms with Crippen molar-refractivity contribution < 1.29 is 14.7 Å². The van der Waals surface area contributed by atoms with E-state index in [1.165, 1.54) is 5.01 Å². The number of para-hydroxylation sites is 1. The number of aromatic amines is 1. The minimum atomic E-state index is -1.04. The number of aliphatic carboxylic acids is 1. The number of hydrazone groups is 1. The molecule has 0 saturated carbocycles. The molecule has 2 heterocycles. The van der Waals surface area contributed by atoms with Crippen LogP contribution in [0.4, 0.5) is 0 Å². The fourth-order valence-electron chi connectivity index (χ4n) is 3.59. The maximum absolute atomic E-state index is 13.0. The average Bonchev–Trinajstić information content (AvgIpc) is 3.21. The van der Waals surface area contributed by atoms with Gasteiger partial charge in [0, 0.05) is 34.3 Å². The molecule has 30 heavy (non-hydrogen) atoms. The van der Waals surface area contributed by atoms with Crippen LogP contribution in [0.25, 0.3) is 22.0 Å². The molecule has 4 rings (SSSR count). The quantitative estimate of drug-likeness (QED) is 0.653. The highest BCUT2D eigenvalue weighted by molar-refractivity contribution is 6.30. The molecule has 152 valence electrons. The molecule has 0 radical (unpaired) electrons. The monoisotopic (exact) mass is 423 g/mol. The van der Waals surface area contributed by atoms with Gasteiger partial charge in [0.05, 0.1) is 24.2 Å². The highest BCUT2D eigenvalue weighted by atomic mass is 35.5. The molecule has 1 aliphatic heterocycles. The lowest BCUT2D eigenvalue weighted by molar-refractivity contribution is -0.140. The average molecular weight is 424 g/mol. The van der Waals surface area contributed by atoms with Gasteiger partial charge in [-0.15, -0.1) is 0 Å². The summed E-state index contributed by atoms with van der Waals surface area (Å²) in [5.41, 5.74) is 2.85.